The van der Waals surface area contributed by atoms with E-state index in [9.17, 15) is 0 Å². The normalized spacial score (nSPS) is 11.9. The molecule has 0 saturated carbocycles. The van der Waals surface area contributed by atoms with Crippen molar-refractivity contribution in [3.63, 3.8) is 0 Å². The summed E-state index contributed by atoms with van der Waals surface area (Å²) in [6, 6.07) is 65.7. The minimum absolute atomic E-state index is 0.578. The molecule has 0 saturated heterocycles. The largest absolute Gasteiger partial charge is 0.456 e. The Labute approximate surface area is 326 Å². The molecule has 0 atom stereocenters. The minimum Gasteiger partial charge on any atom is -0.456 e. The molecule has 266 valence electrons. The van der Waals surface area contributed by atoms with Gasteiger partial charge in [0.05, 0.1) is 22.1 Å². The van der Waals surface area contributed by atoms with Crippen LogP contribution in [0.1, 0.15) is 0 Å². The van der Waals surface area contributed by atoms with Crippen LogP contribution in [0.25, 0.3) is 111 Å². The molecule has 0 amide bonds. The fraction of sp³-hybridized carbons (Fsp3) is 0. The van der Waals surface area contributed by atoms with Crippen molar-refractivity contribution in [3.05, 3.63) is 188 Å². The standard InChI is InChI=1S/C51H31N5O/c1-3-14-32(15-4-1)49-52-50(33-16-5-2-6-17-33)54-51(53-49)56-42-22-10-7-18-37(42)40-30-34(26-28-44(40)56)36-21-13-24-45-48(36)39-20-8-11-23-43(39)55(45)35-27-29-47-41(31-35)38-19-9-12-25-46(38)57-47/h1-31H. The van der Waals surface area contributed by atoms with Gasteiger partial charge in [0.1, 0.15) is 11.2 Å². The van der Waals surface area contributed by atoms with Crippen LogP contribution in [-0.2, 0) is 0 Å². The molecule has 57 heavy (non-hydrogen) atoms. The topological polar surface area (TPSA) is 61.7 Å². The number of aromatic nitrogens is 5. The van der Waals surface area contributed by atoms with E-state index in [1.807, 2.05) is 72.8 Å². The molecule has 0 bridgehead atoms. The van der Waals surface area contributed by atoms with Crippen LogP contribution < -0.4 is 0 Å². The van der Waals surface area contributed by atoms with Gasteiger partial charge in [-0.3, -0.25) is 4.57 Å². The summed E-state index contributed by atoms with van der Waals surface area (Å²) in [5, 5.41) is 6.90. The Balaban J connectivity index is 1.07. The smallest absolute Gasteiger partial charge is 0.238 e. The molecule has 6 nitrogen and oxygen atoms in total. The number of fused-ring (bicyclic) bond motifs is 9. The third-order valence-corrected chi connectivity index (χ3v) is 11.2. The van der Waals surface area contributed by atoms with Gasteiger partial charge in [-0.05, 0) is 65.7 Å². The molecule has 0 aliphatic rings. The van der Waals surface area contributed by atoms with E-state index in [4.69, 9.17) is 19.4 Å². The van der Waals surface area contributed by atoms with Crippen molar-refractivity contribution in [2.45, 2.75) is 0 Å². The fourth-order valence-corrected chi connectivity index (χ4v) is 8.64. The van der Waals surface area contributed by atoms with Gasteiger partial charge in [0.25, 0.3) is 0 Å². The minimum atomic E-state index is 0.578. The summed E-state index contributed by atoms with van der Waals surface area (Å²) in [5.74, 6) is 1.84. The van der Waals surface area contributed by atoms with Gasteiger partial charge in [-0.25, -0.2) is 4.98 Å². The van der Waals surface area contributed by atoms with Crippen molar-refractivity contribution in [2.24, 2.45) is 0 Å². The van der Waals surface area contributed by atoms with Crippen LogP contribution in [-0.4, -0.2) is 24.1 Å². The lowest BCUT2D eigenvalue weighted by Gasteiger charge is -2.11. The lowest BCUT2D eigenvalue weighted by Crippen LogP contribution is -2.06. The van der Waals surface area contributed by atoms with Gasteiger partial charge in [0.15, 0.2) is 11.6 Å². The Morgan fingerprint density at radius 1 is 0.351 bits per heavy atom. The summed E-state index contributed by atoms with van der Waals surface area (Å²) in [4.78, 5) is 15.2. The zero-order chi connectivity index (χ0) is 37.5. The summed E-state index contributed by atoms with van der Waals surface area (Å²) < 4.78 is 10.8. The van der Waals surface area contributed by atoms with E-state index in [1.165, 1.54) is 16.3 Å². The average molecular weight is 730 g/mol. The van der Waals surface area contributed by atoms with Crippen LogP contribution in [0.5, 0.6) is 0 Å². The molecule has 6 heteroatoms. The molecule has 0 unspecified atom stereocenters. The lowest BCUT2D eigenvalue weighted by atomic mass is 9.98. The average Bonchev–Trinajstić information content (AvgIpc) is 3.94. The molecule has 12 aromatic rings. The number of hydrogen-bond donors (Lipinski definition) is 0. The fourth-order valence-electron chi connectivity index (χ4n) is 8.64. The zero-order valence-electron chi connectivity index (χ0n) is 30.5. The Hall–Kier alpha value is -7.83. The van der Waals surface area contributed by atoms with E-state index in [2.05, 4.69) is 124 Å². The van der Waals surface area contributed by atoms with Crippen molar-refractivity contribution in [3.8, 4) is 45.5 Å². The van der Waals surface area contributed by atoms with Crippen molar-refractivity contribution in [1.82, 2.24) is 24.1 Å². The Morgan fingerprint density at radius 3 is 1.70 bits per heavy atom. The van der Waals surface area contributed by atoms with Gasteiger partial charge >= 0.3 is 0 Å². The van der Waals surface area contributed by atoms with Crippen molar-refractivity contribution < 1.29 is 4.42 Å². The van der Waals surface area contributed by atoms with Gasteiger partial charge in [-0.15, -0.1) is 0 Å². The highest BCUT2D eigenvalue weighted by molar-refractivity contribution is 6.17. The van der Waals surface area contributed by atoms with Crippen molar-refractivity contribution >= 4 is 65.6 Å². The monoisotopic (exact) mass is 729 g/mol. The van der Waals surface area contributed by atoms with Gasteiger partial charge < -0.3 is 8.98 Å². The number of hydrogen-bond acceptors (Lipinski definition) is 4. The molecular formula is C51H31N5O. The van der Waals surface area contributed by atoms with Crippen LogP contribution in [0, 0.1) is 0 Å². The second kappa shape index (κ2) is 12.3. The maximum atomic E-state index is 6.20. The molecule has 8 aromatic carbocycles. The van der Waals surface area contributed by atoms with E-state index in [0.717, 1.165) is 77.2 Å². The highest BCUT2D eigenvalue weighted by atomic mass is 16.3. The van der Waals surface area contributed by atoms with E-state index in [1.54, 1.807) is 0 Å². The number of benzene rings is 8. The molecular weight excluding hydrogens is 699 g/mol. The first kappa shape index (κ1) is 31.5. The number of nitrogens with zero attached hydrogens (tertiary/aromatic N) is 5. The second-order valence-corrected chi connectivity index (χ2v) is 14.4. The third-order valence-electron chi connectivity index (χ3n) is 11.2. The summed E-state index contributed by atoms with van der Waals surface area (Å²) in [6.07, 6.45) is 0. The Kier molecular flexibility index (Phi) is 6.83. The molecule has 0 spiro atoms. The van der Waals surface area contributed by atoms with Crippen LogP contribution in [0.15, 0.2) is 192 Å². The molecule has 4 heterocycles. The van der Waals surface area contributed by atoms with Crippen molar-refractivity contribution in [2.75, 3.05) is 0 Å². The second-order valence-electron chi connectivity index (χ2n) is 14.4. The van der Waals surface area contributed by atoms with Crippen LogP contribution >= 0.6 is 0 Å². The predicted molar refractivity (Wildman–Crippen MR) is 232 cm³/mol. The first-order valence-corrected chi connectivity index (χ1v) is 19.1. The quantitative estimate of drug-likeness (QED) is 0.177. The molecule has 4 aromatic heterocycles. The SMILES string of the molecule is c1ccc(-c2nc(-c3ccccc3)nc(-n3c4ccccc4c4cc(-c5cccc6c5c5ccccc5n6-c5ccc6oc7ccccc7c6c5)ccc43)n2)cc1. The molecule has 0 fully saturated rings. The van der Waals surface area contributed by atoms with Crippen LogP contribution in [0.4, 0.5) is 0 Å². The number of rotatable bonds is 5. The molecule has 12 rings (SSSR count). The lowest BCUT2D eigenvalue weighted by molar-refractivity contribution is 0.669. The van der Waals surface area contributed by atoms with E-state index in [-0.39, 0.29) is 0 Å². The van der Waals surface area contributed by atoms with E-state index < -0.39 is 0 Å². The summed E-state index contributed by atoms with van der Waals surface area (Å²) >= 11 is 0. The first-order chi connectivity index (χ1) is 28.3. The third kappa shape index (κ3) is 4.87. The highest BCUT2D eigenvalue weighted by Crippen LogP contribution is 2.42. The Morgan fingerprint density at radius 2 is 0.947 bits per heavy atom. The maximum absolute atomic E-state index is 6.20. The van der Waals surface area contributed by atoms with Crippen LogP contribution in [0.2, 0.25) is 0 Å². The summed E-state index contributed by atoms with van der Waals surface area (Å²) in [5.41, 5.74) is 11.4. The van der Waals surface area contributed by atoms with Crippen molar-refractivity contribution in [1.29, 1.82) is 0 Å². The van der Waals surface area contributed by atoms with Gasteiger partial charge in [0.2, 0.25) is 5.95 Å². The zero-order valence-corrected chi connectivity index (χ0v) is 30.5. The van der Waals surface area contributed by atoms with Gasteiger partial charge in [-0.2, -0.15) is 9.97 Å². The molecule has 0 N–H and O–H groups in total. The van der Waals surface area contributed by atoms with E-state index >= 15 is 0 Å². The van der Waals surface area contributed by atoms with E-state index in [0.29, 0.717) is 17.6 Å². The maximum Gasteiger partial charge on any atom is 0.238 e. The molecule has 0 aliphatic heterocycles. The van der Waals surface area contributed by atoms with Gasteiger partial charge in [-0.1, -0.05) is 133 Å². The molecule has 0 aliphatic carbocycles. The first-order valence-electron chi connectivity index (χ1n) is 19.1. The van der Waals surface area contributed by atoms with Crippen LogP contribution in [0.3, 0.4) is 0 Å². The predicted octanol–water partition coefficient (Wildman–Crippen LogP) is 13.0. The highest BCUT2D eigenvalue weighted by Gasteiger charge is 2.21. The number of furan rings is 1. The summed E-state index contributed by atoms with van der Waals surface area (Å²) in [7, 11) is 0. The molecule has 0 radical (unpaired) electrons. The number of para-hydroxylation sites is 3. The Bertz CT molecular complexity index is 3470. The van der Waals surface area contributed by atoms with Gasteiger partial charge in [0, 0.05) is 49.1 Å². The summed E-state index contributed by atoms with van der Waals surface area (Å²) in [6.45, 7) is 0.